The van der Waals surface area contributed by atoms with E-state index in [1.807, 2.05) is 31.4 Å². The van der Waals surface area contributed by atoms with Crippen molar-refractivity contribution in [2.75, 3.05) is 6.26 Å². The van der Waals surface area contributed by atoms with Gasteiger partial charge in [-0.25, -0.2) is 4.98 Å². The number of hydrogen-bond acceptors (Lipinski definition) is 5. The third-order valence-corrected chi connectivity index (χ3v) is 2.93. The molecular formula is C11H10N4OS. The van der Waals surface area contributed by atoms with Crippen LogP contribution in [0.5, 0.6) is 0 Å². The molecule has 0 fully saturated rings. The summed E-state index contributed by atoms with van der Waals surface area (Å²) in [7, 11) is 0. The molecule has 0 atom stereocenters. The molecule has 3 heterocycles. The first kappa shape index (κ1) is 10.3. The average Bonchev–Trinajstić information content (AvgIpc) is 2.95. The Hall–Kier alpha value is -1.82. The lowest BCUT2D eigenvalue weighted by atomic mass is 10.4. The molecule has 0 N–H and O–H groups in total. The zero-order valence-electron chi connectivity index (χ0n) is 9.41. The third-order valence-electron chi connectivity index (χ3n) is 2.38. The molecule has 0 aliphatic carbocycles. The van der Waals surface area contributed by atoms with Crippen LogP contribution < -0.4 is 0 Å². The summed E-state index contributed by atoms with van der Waals surface area (Å²) >= 11 is 1.50. The van der Waals surface area contributed by atoms with Gasteiger partial charge in [0, 0.05) is 6.07 Å². The van der Waals surface area contributed by atoms with Gasteiger partial charge in [0.1, 0.15) is 5.76 Å². The number of rotatable bonds is 2. The van der Waals surface area contributed by atoms with Crippen LogP contribution in [-0.4, -0.2) is 25.8 Å². The molecule has 0 saturated carbocycles. The first-order chi connectivity index (χ1) is 8.28. The number of furan rings is 1. The fourth-order valence-electron chi connectivity index (χ4n) is 1.61. The molecular weight excluding hydrogens is 236 g/mol. The fourth-order valence-corrected chi connectivity index (χ4v) is 1.97. The molecule has 0 unspecified atom stereocenters. The van der Waals surface area contributed by atoms with E-state index in [0.717, 1.165) is 11.4 Å². The van der Waals surface area contributed by atoms with Gasteiger partial charge in [-0.1, -0.05) is 11.8 Å². The van der Waals surface area contributed by atoms with Crippen LogP contribution >= 0.6 is 11.8 Å². The molecule has 0 saturated heterocycles. The summed E-state index contributed by atoms with van der Waals surface area (Å²) in [5.74, 6) is 2.23. The number of aromatic nitrogens is 4. The third kappa shape index (κ3) is 1.70. The molecule has 86 valence electrons. The van der Waals surface area contributed by atoms with Crippen LogP contribution in [0, 0.1) is 6.92 Å². The molecule has 3 rings (SSSR count). The Morgan fingerprint density at radius 1 is 1.24 bits per heavy atom. The number of thioether (sulfide) groups is 1. The Bertz CT molecular complexity index is 673. The highest BCUT2D eigenvalue weighted by Gasteiger charge is 2.12. The van der Waals surface area contributed by atoms with Crippen LogP contribution in [0.15, 0.2) is 34.0 Å². The van der Waals surface area contributed by atoms with Gasteiger partial charge < -0.3 is 4.42 Å². The second kappa shape index (κ2) is 3.89. The summed E-state index contributed by atoms with van der Waals surface area (Å²) in [5.41, 5.74) is 0.772. The van der Waals surface area contributed by atoms with Gasteiger partial charge in [0.05, 0.1) is 6.20 Å². The lowest BCUT2D eigenvalue weighted by Crippen LogP contribution is -2.00. The number of nitrogens with zero attached hydrogens (tertiary/aromatic N) is 4. The van der Waals surface area contributed by atoms with Crippen molar-refractivity contribution in [3.63, 3.8) is 0 Å². The van der Waals surface area contributed by atoms with Gasteiger partial charge in [0.15, 0.2) is 16.6 Å². The lowest BCUT2D eigenvalue weighted by Gasteiger charge is -2.02. The highest BCUT2D eigenvalue weighted by atomic mass is 32.2. The van der Waals surface area contributed by atoms with Crippen molar-refractivity contribution in [3.05, 3.63) is 30.2 Å². The highest BCUT2D eigenvalue weighted by Crippen LogP contribution is 2.22. The van der Waals surface area contributed by atoms with Crippen LogP contribution in [0.25, 0.3) is 17.2 Å². The molecule has 0 radical (unpaired) electrons. The van der Waals surface area contributed by atoms with E-state index in [1.165, 1.54) is 11.8 Å². The maximum absolute atomic E-state index is 5.59. The molecule has 0 aromatic carbocycles. The molecule has 17 heavy (non-hydrogen) atoms. The normalized spacial score (nSPS) is 11.2. The zero-order chi connectivity index (χ0) is 11.8. The summed E-state index contributed by atoms with van der Waals surface area (Å²) in [6.45, 7) is 1.90. The lowest BCUT2D eigenvalue weighted by molar-refractivity contribution is 0.540. The average molecular weight is 246 g/mol. The van der Waals surface area contributed by atoms with Gasteiger partial charge in [-0.05, 0) is 25.3 Å². The number of hydrogen-bond donors (Lipinski definition) is 0. The van der Waals surface area contributed by atoms with Crippen molar-refractivity contribution in [1.82, 2.24) is 19.6 Å². The molecule has 3 aromatic heterocycles. The summed E-state index contributed by atoms with van der Waals surface area (Å²) in [4.78, 5) is 8.79. The number of aryl methyl sites for hydroxylation is 1. The van der Waals surface area contributed by atoms with E-state index < -0.39 is 0 Å². The predicted octanol–water partition coefficient (Wildman–Crippen LogP) is 2.41. The first-order valence-electron chi connectivity index (χ1n) is 5.10. The molecule has 6 heteroatoms. The Kier molecular flexibility index (Phi) is 2.36. The standard InChI is InChI=1S/C11H10N4OS/c1-7-3-4-8(16-7)10-14-11(17-2)13-9-5-6-12-15(9)10/h3-6H,1-2H3. The maximum atomic E-state index is 5.59. The molecule has 5 nitrogen and oxygen atoms in total. The molecule has 3 aromatic rings. The van der Waals surface area contributed by atoms with Crippen molar-refractivity contribution < 1.29 is 4.42 Å². The van der Waals surface area contributed by atoms with Gasteiger partial charge in [-0.15, -0.1) is 0 Å². The largest absolute Gasteiger partial charge is 0.458 e. The Balaban J connectivity index is 2.29. The summed E-state index contributed by atoms with van der Waals surface area (Å²) < 4.78 is 7.26. The second-order valence-electron chi connectivity index (χ2n) is 3.55. The molecule has 0 bridgehead atoms. The van der Waals surface area contributed by atoms with Gasteiger partial charge in [0.25, 0.3) is 0 Å². The van der Waals surface area contributed by atoms with E-state index in [-0.39, 0.29) is 0 Å². The minimum atomic E-state index is 0.678. The Morgan fingerprint density at radius 2 is 2.12 bits per heavy atom. The number of fused-ring (bicyclic) bond motifs is 1. The second-order valence-corrected chi connectivity index (χ2v) is 4.32. The van der Waals surface area contributed by atoms with Crippen molar-refractivity contribution >= 4 is 17.4 Å². The van der Waals surface area contributed by atoms with E-state index >= 15 is 0 Å². The van der Waals surface area contributed by atoms with Crippen molar-refractivity contribution in [3.8, 4) is 11.6 Å². The fraction of sp³-hybridized carbons (Fsp3) is 0.182. The Labute approximate surface area is 102 Å². The van der Waals surface area contributed by atoms with Crippen LogP contribution in [-0.2, 0) is 0 Å². The van der Waals surface area contributed by atoms with E-state index in [0.29, 0.717) is 16.7 Å². The zero-order valence-corrected chi connectivity index (χ0v) is 10.2. The highest BCUT2D eigenvalue weighted by molar-refractivity contribution is 7.98. The van der Waals surface area contributed by atoms with E-state index in [1.54, 1.807) is 10.7 Å². The van der Waals surface area contributed by atoms with Crippen LogP contribution in [0.4, 0.5) is 0 Å². The van der Waals surface area contributed by atoms with Crippen molar-refractivity contribution in [2.45, 2.75) is 12.1 Å². The van der Waals surface area contributed by atoms with Crippen molar-refractivity contribution in [2.24, 2.45) is 0 Å². The van der Waals surface area contributed by atoms with Crippen molar-refractivity contribution in [1.29, 1.82) is 0 Å². The van der Waals surface area contributed by atoms with Gasteiger partial charge in [-0.3, -0.25) is 0 Å². The maximum Gasteiger partial charge on any atom is 0.201 e. The first-order valence-corrected chi connectivity index (χ1v) is 6.33. The summed E-state index contributed by atoms with van der Waals surface area (Å²) in [6.07, 6.45) is 3.65. The van der Waals surface area contributed by atoms with Gasteiger partial charge in [0.2, 0.25) is 5.82 Å². The summed E-state index contributed by atoms with van der Waals surface area (Å²) in [5, 5.41) is 4.91. The van der Waals surface area contributed by atoms with Gasteiger partial charge >= 0.3 is 0 Å². The van der Waals surface area contributed by atoms with Crippen LogP contribution in [0.3, 0.4) is 0 Å². The van der Waals surface area contributed by atoms with Crippen LogP contribution in [0.1, 0.15) is 5.76 Å². The molecule has 0 aliphatic heterocycles. The topological polar surface area (TPSA) is 56.2 Å². The smallest absolute Gasteiger partial charge is 0.201 e. The monoisotopic (exact) mass is 246 g/mol. The Morgan fingerprint density at radius 3 is 2.82 bits per heavy atom. The molecule has 0 amide bonds. The molecule has 0 spiro atoms. The van der Waals surface area contributed by atoms with E-state index in [9.17, 15) is 0 Å². The predicted molar refractivity (Wildman–Crippen MR) is 65.0 cm³/mol. The summed E-state index contributed by atoms with van der Waals surface area (Å²) in [6, 6.07) is 5.65. The van der Waals surface area contributed by atoms with Gasteiger partial charge in [-0.2, -0.15) is 14.6 Å². The minimum absolute atomic E-state index is 0.678. The quantitative estimate of drug-likeness (QED) is 0.650. The SMILES string of the molecule is CSc1nc(-c2ccc(C)o2)n2nccc2n1. The van der Waals surface area contributed by atoms with E-state index in [4.69, 9.17) is 4.42 Å². The molecule has 0 aliphatic rings. The van der Waals surface area contributed by atoms with E-state index in [2.05, 4.69) is 15.1 Å². The van der Waals surface area contributed by atoms with Crippen LogP contribution in [0.2, 0.25) is 0 Å². The minimum Gasteiger partial charge on any atom is -0.458 e.